The van der Waals surface area contributed by atoms with E-state index >= 15 is 0 Å². The molecule has 0 atom stereocenters. The van der Waals surface area contributed by atoms with E-state index in [1.807, 2.05) is 49.5 Å². The average molecular weight is 471 g/mol. The van der Waals surface area contributed by atoms with Gasteiger partial charge < -0.3 is 5.32 Å². The molecule has 1 N–H and O–H groups in total. The van der Waals surface area contributed by atoms with E-state index in [1.54, 1.807) is 6.20 Å². The molecule has 0 saturated heterocycles. The van der Waals surface area contributed by atoms with Crippen molar-refractivity contribution in [2.75, 3.05) is 5.32 Å². The summed E-state index contributed by atoms with van der Waals surface area (Å²) < 4.78 is 1.08. The lowest BCUT2D eigenvalue weighted by atomic mass is 10.0. The van der Waals surface area contributed by atoms with Gasteiger partial charge in [0.2, 0.25) is 0 Å². The number of nitrogens with one attached hydrogen (secondary N) is 1. The van der Waals surface area contributed by atoms with E-state index in [4.69, 9.17) is 0 Å². The fraction of sp³-hybridized carbons (Fsp3) is 0.0500. The van der Waals surface area contributed by atoms with Gasteiger partial charge in [-0.2, -0.15) is 0 Å². The zero-order valence-corrected chi connectivity index (χ0v) is 16.8. The van der Waals surface area contributed by atoms with E-state index in [2.05, 4.69) is 50.0 Å². The van der Waals surface area contributed by atoms with Crippen LogP contribution in [0.15, 0.2) is 60.9 Å². The number of thiazole rings is 1. The van der Waals surface area contributed by atoms with Crippen LogP contribution in [0, 0.1) is 10.5 Å². The maximum atomic E-state index is 12.4. The van der Waals surface area contributed by atoms with Crippen LogP contribution in [0.1, 0.15) is 14.7 Å². The number of carbonyl (C=O) groups excluding carboxylic acids is 1. The molecule has 0 spiro atoms. The lowest BCUT2D eigenvalue weighted by Gasteiger charge is -2.10. The number of hydrogen-bond acceptors (Lipinski definition) is 4. The molecule has 2 aromatic carbocycles. The summed E-state index contributed by atoms with van der Waals surface area (Å²) in [5.41, 5.74) is 2.64. The van der Waals surface area contributed by atoms with E-state index in [0.29, 0.717) is 5.01 Å². The van der Waals surface area contributed by atoms with Gasteiger partial charge in [-0.3, -0.25) is 9.78 Å². The molecule has 128 valence electrons. The largest absolute Gasteiger partial charge is 0.320 e. The molecule has 26 heavy (non-hydrogen) atoms. The van der Waals surface area contributed by atoms with Gasteiger partial charge in [0.15, 0.2) is 5.01 Å². The van der Waals surface area contributed by atoms with Gasteiger partial charge in [-0.25, -0.2) is 4.98 Å². The first kappa shape index (κ1) is 17.1. The highest BCUT2D eigenvalue weighted by atomic mass is 127. The van der Waals surface area contributed by atoms with Crippen LogP contribution in [0.25, 0.3) is 22.0 Å². The first-order valence-electron chi connectivity index (χ1n) is 7.99. The third-order valence-electron chi connectivity index (χ3n) is 3.97. The molecular formula is C20H14IN3OS. The van der Waals surface area contributed by atoms with Gasteiger partial charge in [0.1, 0.15) is 0 Å². The second kappa shape index (κ2) is 7.13. The fourth-order valence-electron chi connectivity index (χ4n) is 2.76. The Labute approximate surface area is 168 Å². The number of carbonyl (C=O) groups is 1. The highest BCUT2D eigenvalue weighted by molar-refractivity contribution is 14.1. The van der Waals surface area contributed by atoms with E-state index in [1.165, 1.54) is 11.3 Å². The number of pyridine rings is 1. The maximum absolute atomic E-state index is 12.4. The minimum absolute atomic E-state index is 0.193. The molecule has 6 heteroatoms. The molecule has 0 aliphatic rings. The van der Waals surface area contributed by atoms with Crippen molar-refractivity contribution >= 4 is 56.3 Å². The summed E-state index contributed by atoms with van der Waals surface area (Å²) in [7, 11) is 0. The number of amides is 1. The monoisotopic (exact) mass is 471 g/mol. The normalized spacial score (nSPS) is 10.8. The second-order valence-electron chi connectivity index (χ2n) is 5.81. The number of halogens is 1. The lowest BCUT2D eigenvalue weighted by molar-refractivity contribution is 0.102. The zero-order chi connectivity index (χ0) is 18.1. The molecule has 4 aromatic rings. The Morgan fingerprint density at radius 3 is 2.77 bits per heavy atom. The Morgan fingerprint density at radius 1 is 1.12 bits per heavy atom. The molecule has 0 saturated carbocycles. The zero-order valence-electron chi connectivity index (χ0n) is 13.9. The van der Waals surface area contributed by atoms with Crippen LogP contribution in [-0.4, -0.2) is 15.9 Å². The first-order chi connectivity index (χ1) is 12.6. The van der Waals surface area contributed by atoms with Gasteiger partial charge in [-0.05, 0) is 59.2 Å². The molecule has 2 heterocycles. The summed E-state index contributed by atoms with van der Waals surface area (Å²) in [5.74, 6) is -0.193. The number of anilines is 1. The Morgan fingerprint density at radius 2 is 1.96 bits per heavy atom. The summed E-state index contributed by atoms with van der Waals surface area (Å²) >= 11 is 3.68. The van der Waals surface area contributed by atoms with Crippen LogP contribution in [0.4, 0.5) is 5.69 Å². The summed E-state index contributed by atoms with van der Waals surface area (Å²) in [4.78, 5) is 22.1. The predicted molar refractivity (Wildman–Crippen MR) is 115 cm³/mol. The van der Waals surface area contributed by atoms with Crippen molar-refractivity contribution in [1.82, 2.24) is 9.97 Å². The SMILES string of the molecule is Cc1cnc(C(=O)Nc2ccc(I)c(-c3nccc4ccccc34)c2)s1. The van der Waals surface area contributed by atoms with Gasteiger partial charge >= 0.3 is 0 Å². The number of aryl methyl sites for hydroxylation is 1. The quantitative estimate of drug-likeness (QED) is 0.400. The molecule has 0 bridgehead atoms. The van der Waals surface area contributed by atoms with Crippen molar-refractivity contribution < 1.29 is 4.79 Å². The maximum Gasteiger partial charge on any atom is 0.284 e. The highest BCUT2D eigenvalue weighted by Gasteiger charge is 2.13. The number of nitrogens with zero attached hydrogens (tertiary/aromatic N) is 2. The molecule has 0 aliphatic heterocycles. The summed E-state index contributed by atoms with van der Waals surface area (Å²) in [5, 5.41) is 5.63. The molecular weight excluding hydrogens is 457 g/mol. The summed E-state index contributed by atoms with van der Waals surface area (Å²) in [6.07, 6.45) is 3.52. The smallest absolute Gasteiger partial charge is 0.284 e. The molecule has 4 nitrogen and oxygen atoms in total. The first-order valence-corrected chi connectivity index (χ1v) is 9.89. The summed E-state index contributed by atoms with van der Waals surface area (Å²) in [6, 6.07) is 16.0. The molecule has 1 amide bonds. The number of fused-ring (bicyclic) bond motifs is 1. The summed E-state index contributed by atoms with van der Waals surface area (Å²) in [6.45, 7) is 1.93. The van der Waals surface area contributed by atoms with Crippen LogP contribution in [-0.2, 0) is 0 Å². The fourth-order valence-corrected chi connectivity index (χ4v) is 4.01. The van der Waals surface area contributed by atoms with E-state index < -0.39 is 0 Å². The Bertz CT molecular complexity index is 1120. The third kappa shape index (κ3) is 3.34. The Hall–Kier alpha value is -2.32. The highest BCUT2D eigenvalue weighted by Crippen LogP contribution is 2.32. The number of rotatable bonds is 3. The van der Waals surface area contributed by atoms with E-state index in [9.17, 15) is 4.79 Å². The van der Waals surface area contributed by atoms with Gasteiger partial charge in [0, 0.05) is 37.5 Å². The second-order valence-corrected chi connectivity index (χ2v) is 8.20. The van der Waals surface area contributed by atoms with Crippen LogP contribution < -0.4 is 5.32 Å². The van der Waals surface area contributed by atoms with Crippen molar-refractivity contribution in [2.24, 2.45) is 0 Å². The van der Waals surface area contributed by atoms with Crippen LogP contribution in [0.5, 0.6) is 0 Å². The average Bonchev–Trinajstić information content (AvgIpc) is 3.09. The van der Waals surface area contributed by atoms with Gasteiger partial charge in [0.25, 0.3) is 5.91 Å². The topological polar surface area (TPSA) is 54.9 Å². The van der Waals surface area contributed by atoms with E-state index in [-0.39, 0.29) is 5.91 Å². The van der Waals surface area contributed by atoms with Crippen molar-refractivity contribution in [3.05, 3.63) is 74.4 Å². The molecule has 4 rings (SSSR count). The molecule has 0 aliphatic carbocycles. The minimum atomic E-state index is -0.193. The predicted octanol–water partition coefficient (Wildman–Crippen LogP) is 5.52. The van der Waals surface area contributed by atoms with Crippen LogP contribution in [0.2, 0.25) is 0 Å². The molecule has 0 radical (unpaired) electrons. The number of aromatic nitrogens is 2. The minimum Gasteiger partial charge on any atom is -0.320 e. The standard InChI is InChI=1S/C20H14IN3OS/c1-12-11-23-20(26-12)19(25)24-14-6-7-17(21)16(10-14)18-15-5-3-2-4-13(15)8-9-22-18/h2-11H,1H3,(H,24,25). The molecule has 2 aromatic heterocycles. The van der Waals surface area contributed by atoms with Crippen molar-refractivity contribution in [2.45, 2.75) is 6.92 Å². The molecule has 0 unspecified atom stereocenters. The number of benzene rings is 2. The van der Waals surface area contributed by atoms with Crippen molar-refractivity contribution in [1.29, 1.82) is 0 Å². The third-order valence-corrected chi connectivity index (χ3v) is 5.82. The van der Waals surface area contributed by atoms with Crippen LogP contribution >= 0.6 is 33.9 Å². The van der Waals surface area contributed by atoms with E-state index in [0.717, 1.165) is 36.2 Å². The number of hydrogen-bond donors (Lipinski definition) is 1. The van der Waals surface area contributed by atoms with Crippen LogP contribution in [0.3, 0.4) is 0 Å². The van der Waals surface area contributed by atoms with Crippen molar-refractivity contribution in [3.8, 4) is 11.3 Å². The van der Waals surface area contributed by atoms with Crippen molar-refractivity contribution in [3.63, 3.8) is 0 Å². The van der Waals surface area contributed by atoms with Gasteiger partial charge in [-0.1, -0.05) is 24.3 Å². The Balaban J connectivity index is 1.73. The molecule has 0 fully saturated rings. The Kier molecular flexibility index (Phi) is 4.69. The van der Waals surface area contributed by atoms with Gasteiger partial charge in [0.05, 0.1) is 5.69 Å². The lowest BCUT2D eigenvalue weighted by Crippen LogP contribution is -2.11. The van der Waals surface area contributed by atoms with Gasteiger partial charge in [-0.15, -0.1) is 11.3 Å².